The number of hydrogen-bond acceptors (Lipinski definition) is 4. The average Bonchev–Trinajstić information content (AvgIpc) is 3.28. The molecule has 0 unspecified atom stereocenters. The van der Waals surface area contributed by atoms with Crippen LogP contribution in [0.25, 0.3) is 0 Å². The lowest BCUT2D eigenvalue weighted by Crippen LogP contribution is -2.26. The molecule has 0 spiro atoms. The Morgan fingerprint density at radius 2 is 2.33 bits per heavy atom. The number of anilines is 1. The van der Waals surface area contributed by atoms with Gasteiger partial charge in [0.2, 0.25) is 0 Å². The molecule has 0 saturated heterocycles. The van der Waals surface area contributed by atoms with E-state index in [-0.39, 0.29) is 5.91 Å². The highest BCUT2D eigenvalue weighted by Gasteiger charge is 2.20. The average molecular weight is 356 g/mol. The Labute approximate surface area is 134 Å². The normalized spacial score (nSPS) is 14.0. The maximum absolute atomic E-state index is 12.2. The highest BCUT2D eigenvalue weighted by atomic mass is 79.9. The molecule has 0 radical (unpaired) electrons. The van der Waals surface area contributed by atoms with Crippen molar-refractivity contribution in [2.24, 2.45) is 5.92 Å². The van der Waals surface area contributed by atoms with Gasteiger partial charge in [0.05, 0.1) is 5.56 Å². The molecule has 116 valence electrons. The number of nitrogens with zero attached hydrogens (tertiary/aromatic N) is 1. The van der Waals surface area contributed by atoms with Gasteiger partial charge in [-0.25, -0.2) is 4.98 Å². The molecule has 6 heteroatoms. The van der Waals surface area contributed by atoms with E-state index < -0.39 is 0 Å². The summed E-state index contributed by atoms with van der Waals surface area (Å²) in [6.45, 7) is 4.88. The molecule has 1 amide bonds. The van der Waals surface area contributed by atoms with Crippen molar-refractivity contribution in [1.82, 2.24) is 10.3 Å². The topological polar surface area (TPSA) is 63.2 Å². The number of nitrogens with one attached hydrogen (secondary N) is 2. The monoisotopic (exact) mass is 355 g/mol. The Kier molecular flexibility index (Phi) is 6.45. The van der Waals surface area contributed by atoms with Crippen molar-refractivity contribution in [2.75, 3.05) is 31.6 Å². The second-order valence-corrected chi connectivity index (χ2v) is 6.12. The number of aromatic nitrogens is 1. The van der Waals surface area contributed by atoms with E-state index in [1.54, 1.807) is 12.3 Å². The van der Waals surface area contributed by atoms with Gasteiger partial charge in [0, 0.05) is 37.0 Å². The fraction of sp³-hybridized carbons (Fsp3) is 0.600. The maximum atomic E-state index is 12.2. The zero-order valence-corrected chi connectivity index (χ0v) is 13.9. The number of ether oxygens (including phenoxy) is 1. The van der Waals surface area contributed by atoms with E-state index in [2.05, 4.69) is 31.5 Å². The van der Waals surface area contributed by atoms with Gasteiger partial charge < -0.3 is 15.4 Å². The smallest absolute Gasteiger partial charge is 0.255 e. The van der Waals surface area contributed by atoms with Gasteiger partial charge in [0.25, 0.3) is 5.91 Å². The van der Waals surface area contributed by atoms with Crippen molar-refractivity contribution < 1.29 is 9.53 Å². The Morgan fingerprint density at radius 3 is 3.05 bits per heavy atom. The molecular formula is C15H22BrN3O2. The van der Waals surface area contributed by atoms with E-state index in [4.69, 9.17) is 4.74 Å². The van der Waals surface area contributed by atoms with Crippen LogP contribution in [-0.2, 0) is 4.74 Å². The molecule has 1 aromatic rings. The second-order valence-electron chi connectivity index (χ2n) is 5.21. The number of halogens is 1. The predicted octanol–water partition coefficient (Wildman–Crippen LogP) is 2.82. The number of rotatable bonds is 9. The van der Waals surface area contributed by atoms with E-state index in [1.165, 1.54) is 12.8 Å². The third kappa shape index (κ3) is 5.63. The molecule has 1 heterocycles. The lowest BCUT2D eigenvalue weighted by atomic mass is 10.2. The van der Waals surface area contributed by atoms with E-state index in [9.17, 15) is 4.79 Å². The first kappa shape index (κ1) is 16.2. The van der Waals surface area contributed by atoms with Crippen LogP contribution in [0, 0.1) is 5.92 Å². The molecule has 5 nitrogen and oxygen atoms in total. The Bertz CT molecular complexity index is 478. The number of amides is 1. The van der Waals surface area contributed by atoms with Gasteiger partial charge in [0.1, 0.15) is 5.82 Å². The highest BCUT2D eigenvalue weighted by molar-refractivity contribution is 9.10. The van der Waals surface area contributed by atoms with Crippen LogP contribution in [0.2, 0.25) is 0 Å². The second kappa shape index (κ2) is 8.34. The van der Waals surface area contributed by atoms with Crippen LogP contribution < -0.4 is 10.6 Å². The van der Waals surface area contributed by atoms with Crippen molar-refractivity contribution in [3.8, 4) is 0 Å². The quantitative estimate of drug-likeness (QED) is 0.668. The predicted molar refractivity (Wildman–Crippen MR) is 86.6 cm³/mol. The van der Waals surface area contributed by atoms with Gasteiger partial charge in [-0.05, 0) is 54.1 Å². The van der Waals surface area contributed by atoms with Crippen LogP contribution in [0.4, 0.5) is 5.82 Å². The summed E-state index contributed by atoms with van der Waals surface area (Å²) in [4.78, 5) is 16.4. The summed E-state index contributed by atoms with van der Waals surface area (Å²) in [7, 11) is 0. The van der Waals surface area contributed by atoms with Crippen LogP contribution in [-0.4, -0.2) is 37.2 Å². The van der Waals surface area contributed by atoms with Crippen LogP contribution >= 0.6 is 15.9 Å². The molecule has 0 bridgehead atoms. The summed E-state index contributed by atoms with van der Waals surface area (Å²) in [5, 5.41) is 6.01. The molecule has 1 aromatic heterocycles. The van der Waals surface area contributed by atoms with Crippen LogP contribution in [0.5, 0.6) is 0 Å². The molecule has 0 atom stereocenters. The molecule has 1 saturated carbocycles. The molecule has 21 heavy (non-hydrogen) atoms. The summed E-state index contributed by atoms with van der Waals surface area (Å²) in [5.41, 5.74) is 0.560. The Hall–Kier alpha value is -1.14. The van der Waals surface area contributed by atoms with Crippen LogP contribution in [0.3, 0.4) is 0 Å². The third-order valence-corrected chi connectivity index (χ3v) is 3.68. The van der Waals surface area contributed by atoms with Crippen molar-refractivity contribution in [1.29, 1.82) is 0 Å². The first-order valence-electron chi connectivity index (χ1n) is 7.46. The van der Waals surface area contributed by atoms with E-state index >= 15 is 0 Å². The van der Waals surface area contributed by atoms with Gasteiger partial charge in [-0.1, -0.05) is 0 Å². The number of hydrogen-bond donors (Lipinski definition) is 2. The Morgan fingerprint density at radius 1 is 1.52 bits per heavy atom. The van der Waals surface area contributed by atoms with Crippen LogP contribution in [0.15, 0.2) is 16.7 Å². The molecule has 0 aromatic carbocycles. The molecule has 0 aliphatic heterocycles. The van der Waals surface area contributed by atoms with Crippen molar-refractivity contribution in [2.45, 2.75) is 26.2 Å². The lowest BCUT2D eigenvalue weighted by molar-refractivity contribution is 0.0938. The Balaban J connectivity index is 1.74. The van der Waals surface area contributed by atoms with Crippen molar-refractivity contribution >= 4 is 27.7 Å². The third-order valence-electron chi connectivity index (χ3n) is 3.24. The van der Waals surface area contributed by atoms with Crippen molar-refractivity contribution in [3.05, 3.63) is 22.3 Å². The lowest BCUT2D eigenvalue weighted by Gasteiger charge is -2.10. The number of pyridine rings is 1. The summed E-state index contributed by atoms with van der Waals surface area (Å²) in [6, 6.07) is 1.78. The van der Waals surface area contributed by atoms with Gasteiger partial charge >= 0.3 is 0 Å². The zero-order valence-electron chi connectivity index (χ0n) is 12.3. The fourth-order valence-electron chi connectivity index (χ4n) is 1.93. The molecule has 1 fully saturated rings. The number of carbonyl (C=O) groups excluding carboxylic acids is 1. The highest BCUT2D eigenvalue weighted by Crippen LogP contribution is 2.28. The van der Waals surface area contributed by atoms with E-state index in [1.807, 2.05) is 6.92 Å². The number of carbonyl (C=O) groups is 1. The summed E-state index contributed by atoms with van der Waals surface area (Å²) in [6.07, 6.45) is 5.12. The zero-order chi connectivity index (χ0) is 15.1. The maximum Gasteiger partial charge on any atom is 0.255 e. The van der Waals surface area contributed by atoms with Crippen molar-refractivity contribution in [3.63, 3.8) is 0 Å². The van der Waals surface area contributed by atoms with Gasteiger partial charge in [0.15, 0.2) is 0 Å². The van der Waals surface area contributed by atoms with Gasteiger partial charge in [-0.3, -0.25) is 4.79 Å². The molecule has 1 aliphatic carbocycles. The molecule has 2 N–H and O–H groups in total. The van der Waals surface area contributed by atoms with E-state index in [0.29, 0.717) is 24.5 Å². The molecular weight excluding hydrogens is 334 g/mol. The first-order chi connectivity index (χ1) is 10.2. The minimum atomic E-state index is -0.109. The fourth-order valence-corrected chi connectivity index (χ4v) is 2.26. The van der Waals surface area contributed by atoms with E-state index in [0.717, 1.165) is 30.0 Å². The standard InChI is InChI=1S/C15H22BrN3O2/c1-2-17-14-13(8-12(16)9-19-14)15(20)18-6-3-7-21-10-11-4-5-11/h8-9,11H,2-7,10H2,1H3,(H,17,19)(H,18,20). The van der Waals surface area contributed by atoms with Crippen LogP contribution in [0.1, 0.15) is 36.5 Å². The summed E-state index contributed by atoms with van der Waals surface area (Å²) < 4.78 is 6.34. The summed E-state index contributed by atoms with van der Waals surface area (Å²) in [5.74, 6) is 1.29. The summed E-state index contributed by atoms with van der Waals surface area (Å²) >= 11 is 3.35. The SMILES string of the molecule is CCNc1ncc(Br)cc1C(=O)NCCCOCC1CC1. The first-order valence-corrected chi connectivity index (χ1v) is 8.25. The molecule has 2 rings (SSSR count). The minimum Gasteiger partial charge on any atom is -0.381 e. The molecule has 1 aliphatic rings. The largest absolute Gasteiger partial charge is 0.381 e. The minimum absolute atomic E-state index is 0.109. The van der Waals surface area contributed by atoms with Gasteiger partial charge in [-0.15, -0.1) is 0 Å². The van der Waals surface area contributed by atoms with Gasteiger partial charge in [-0.2, -0.15) is 0 Å².